The minimum Gasteiger partial charge on any atom is -0.486 e. The summed E-state index contributed by atoms with van der Waals surface area (Å²) >= 11 is 0. The largest absolute Gasteiger partial charge is 0.486 e. The van der Waals surface area contributed by atoms with Crippen LogP contribution >= 0.6 is 0 Å². The molecule has 3 rings (SSSR count). The molecule has 0 amide bonds. The molecule has 1 N–H and O–H groups in total. The molecule has 0 saturated carbocycles. The predicted octanol–water partition coefficient (Wildman–Crippen LogP) is 2.69. The van der Waals surface area contributed by atoms with Crippen LogP contribution in [0, 0.1) is 6.92 Å². The summed E-state index contributed by atoms with van der Waals surface area (Å²) in [6.07, 6.45) is -0.106. The van der Waals surface area contributed by atoms with E-state index in [-0.39, 0.29) is 12.1 Å². The van der Waals surface area contributed by atoms with E-state index >= 15 is 0 Å². The van der Waals surface area contributed by atoms with Gasteiger partial charge >= 0.3 is 0 Å². The van der Waals surface area contributed by atoms with E-state index in [2.05, 4.69) is 5.32 Å². The number of nitrogens with one attached hydrogen (secondary N) is 1. The van der Waals surface area contributed by atoms with Crippen LogP contribution in [0.4, 0.5) is 0 Å². The maximum absolute atomic E-state index is 6.00. The van der Waals surface area contributed by atoms with Crippen LogP contribution < -0.4 is 14.8 Å². The highest BCUT2D eigenvalue weighted by molar-refractivity contribution is 5.41. The van der Waals surface area contributed by atoms with E-state index in [1.807, 2.05) is 50.4 Å². The molecule has 0 saturated heterocycles. The summed E-state index contributed by atoms with van der Waals surface area (Å²) in [4.78, 5) is 0. The van der Waals surface area contributed by atoms with E-state index in [1.54, 1.807) is 0 Å². The highest BCUT2D eigenvalue weighted by Gasteiger charge is 2.30. The SMILES string of the molecule is CNC(c1ccc(C)o1)C1COc2ccccc2O1. The molecular formula is C15H17NO3. The van der Waals surface area contributed by atoms with E-state index in [9.17, 15) is 0 Å². The maximum Gasteiger partial charge on any atom is 0.161 e. The van der Waals surface area contributed by atoms with Crippen LogP contribution in [0.15, 0.2) is 40.8 Å². The highest BCUT2D eigenvalue weighted by atomic mass is 16.6. The number of aryl methyl sites for hydroxylation is 1. The summed E-state index contributed by atoms with van der Waals surface area (Å²) in [5.74, 6) is 3.34. The molecule has 1 aromatic carbocycles. The fraction of sp³-hybridized carbons (Fsp3) is 0.333. The Labute approximate surface area is 112 Å². The Balaban J connectivity index is 1.83. The molecule has 0 bridgehead atoms. The first-order valence-electron chi connectivity index (χ1n) is 6.40. The molecule has 0 radical (unpaired) electrons. The van der Waals surface area contributed by atoms with Gasteiger partial charge in [0, 0.05) is 0 Å². The van der Waals surface area contributed by atoms with Crippen LogP contribution in [0.1, 0.15) is 17.6 Å². The van der Waals surface area contributed by atoms with Crippen LogP contribution in [0.25, 0.3) is 0 Å². The number of ether oxygens (including phenoxy) is 2. The molecule has 100 valence electrons. The van der Waals surface area contributed by atoms with Gasteiger partial charge in [0.2, 0.25) is 0 Å². The Kier molecular flexibility index (Phi) is 3.17. The van der Waals surface area contributed by atoms with Crippen molar-refractivity contribution in [1.82, 2.24) is 5.32 Å². The average molecular weight is 259 g/mol. The molecule has 0 spiro atoms. The monoisotopic (exact) mass is 259 g/mol. The molecule has 2 heterocycles. The van der Waals surface area contributed by atoms with E-state index < -0.39 is 0 Å². The van der Waals surface area contributed by atoms with Gasteiger partial charge < -0.3 is 19.2 Å². The molecule has 1 aliphatic heterocycles. The zero-order valence-electron chi connectivity index (χ0n) is 11.1. The minimum atomic E-state index is -0.106. The zero-order chi connectivity index (χ0) is 13.2. The van der Waals surface area contributed by atoms with E-state index in [4.69, 9.17) is 13.9 Å². The second-order valence-corrected chi connectivity index (χ2v) is 4.63. The van der Waals surface area contributed by atoms with Gasteiger partial charge in [-0.1, -0.05) is 12.1 Å². The van der Waals surface area contributed by atoms with E-state index in [1.165, 1.54) is 0 Å². The lowest BCUT2D eigenvalue weighted by atomic mass is 10.1. The smallest absolute Gasteiger partial charge is 0.161 e. The molecule has 0 aliphatic carbocycles. The molecule has 2 unspecified atom stereocenters. The van der Waals surface area contributed by atoms with Crippen molar-refractivity contribution >= 4 is 0 Å². The van der Waals surface area contributed by atoms with Gasteiger partial charge in [0.25, 0.3) is 0 Å². The van der Waals surface area contributed by atoms with Gasteiger partial charge in [-0.05, 0) is 38.2 Å². The third kappa shape index (κ3) is 2.31. The van der Waals surface area contributed by atoms with Crippen LogP contribution in [0.3, 0.4) is 0 Å². The van der Waals surface area contributed by atoms with Gasteiger partial charge in [-0.25, -0.2) is 0 Å². The molecule has 4 heteroatoms. The Morgan fingerprint density at radius 3 is 2.63 bits per heavy atom. The summed E-state index contributed by atoms with van der Waals surface area (Å²) in [7, 11) is 1.90. The Hall–Kier alpha value is -1.94. The number of hydrogen-bond acceptors (Lipinski definition) is 4. The normalized spacial score (nSPS) is 19.2. The molecule has 19 heavy (non-hydrogen) atoms. The molecule has 2 atom stereocenters. The van der Waals surface area contributed by atoms with Gasteiger partial charge in [-0.15, -0.1) is 0 Å². The van der Waals surface area contributed by atoms with Crippen molar-refractivity contribution in [2.24, 2.45) is 0 Å². The summed E-state index contributed by atoms with van der Waals surface area (Å²) in [6.45, 7) is 2.44. The van der Waals surface area contributed by atoms with E-state index in [0.717, 1.165) is 23.0 Å². The number of rotatable bonds is 3. The fourth-order valence-electron chi connectivity index (χ4n) is 2.33. The lowest BCUT2D eigenvalue weighted by Crippen LogP contribution is -2.40. The summed E-state index contributed by atoms with van der Waals surface area (Å²) in [5, 5.41) is 3.23. The number of para-hydroxylation sites is 2. The van der Waals surface area contributed by atoms with Crippen LogP contribution in [0.5, 0.6) is 11.5 Å². The van der Waals surface area contributed by atoms with Gasteiger partial charge in [-0.3, -0.25) is 0 Å². The van der Waals surface area contributed by atoms with Crippen LogP contribution in [-0.2, 0) is 0 Å². The number of benzene rings is 1. The molecule has 4 nitrogen and oxygen atoms in total. The van der Waals surface area contributed by atoms with Crippen molar-refractivity contribution in [2.75, 3.05) is 13.7 Å². The second kappa shape index (κ2) is 4.97. The number of hydrogen-bond donors (Lipinski definition) is 1. The summed E-state index contributed by atoms with van der Waals surface area (Å²) in [6, 6.07) is 11.6. The highest BCUT2D eigenvalue weighted by Crippen LogP contribution is 2.34. The van der Waals surface area contributed by atoms with Crippen molar-refractivity contribution in [3.63, 3.8) is 0 Å². The molecule has 1 aliphatic rings. The Morgan fingerprint density at radius 2 is 1.95 bits per heavy atom. The van der Waals surface area contributed by atoms with Crippen molar-refractivity contribution in [3.8, 4) is 11.5 Å². The van der Waals surface area contributed by atoms with Crippen molar-refractivity contribution in [1.29, 1.82) is 0 Å². The average Bonchev–Trinajstić information content (AvgIpc) is 2.86. The summed E-state index contributed by atoms with van der Waals surface area (Å²) < 4.78 is 17.4. The third-order valence-electron chi connectivity index (χ3n) is 3.28. The number of furan rings is 1. The molecule has 2 aromatic rings. The molecular weight excluding hydrogens is 242 g/mol. The second-order valence-electron chi connectivity index (χ2n) is 4.63. The van der Waals surface area contributed by atoms with Gasteiger partial charge in [0.15, 0.2) is 17.6 Å². The Morgan fingerprint density at radius 1 is 1.16 bits per heavy atom. The number of fused-ring (bicyclic) bond motifs is 1. The van der Waals surface area contributed by atoms with Crippen molar-refractivity contribution in [3.05, 3.63) is 47.9 Å². The van der Waals surface area contributed by atoms with Crippen LogP contribution in [0.2, 0.25) is 0 Å². The van der Waals surface area contributed by atoms with Crippen LogP contribution in [-0.4, -0.2) is 19.8 Å². The number of likely N-dealkylation sites (N-methyl/N-ethyl adjacent to an activating group) is 1. The molecule has 1 aromatic heterocycles. The minimum absolute atomic E-state index is 0.0259. The standard InChI is InChI=1S/C15H17NO3/c1-10-7-8-13(18-10)15(16-2)14-9-17-11-5-3-4-6-12(11)19-14/h3-8,14-16H,9H2,1-2H3. The quantitative estimate of drug-likeness (QED) is 0.920. The maximum atomic E-state index is 6.00. The zero-order valence-corrected chi connectivity index (χ0v) is 11.1. The predicted molar refractivity (Wildman–Crippen MR) is 71.6 cm³/mol. The van der Waals surface area contributed by atoms with E-state index in [0.29, 0.717) is 6.61 Å². The first-order chi connectivity index (χ1) is 9.28. The Bertz CT molecular complexity index is 564. The molecule has 0 fully saturated rings. The topological polar surface area (TPSA) is 43.6 Å². The first kappa shape index (κ1) is 12.1. The van der Waals surface area contributed by atoms with Crippen molar-refractivity contribution in [2.45, 2.75) is 19.1 Å². The van der Waals surface area contributed by atoms with Gasteiger partial charge in [0.05, 0.1) is 0 Å². The lowest BCUT2D eigenvalue weighted by molar-refractivity contribution is 0.0575. The lowest BCUT2D eigenvalue weighted by Gasteiger charge is -2.31. The first-order valence-corrected chi connectivity index (χ1v) is 6.40. The third-order valence-corrected chi connectivity index (χ3v) is 3.28. The fourth-order valence-corrected chi connectivity index (χ4v) is 2.33. The van der Waals surface area contributed by atoms with Gasteiger partial charge in [-0.2, -0.15) is 0 Å². The van der Waals surface area contributed by atoms with Gasteiger partial charge in [0.1, 0.15) is 24.2 Å². The summed E-state index contributed by atoms with van der Waals surface area (Å²) in [5.41, 5.74) is 0. The van der Waals surface area contributed by atoms with Crippen molar-refractivity contribution < 1.29 is 13.9 Å².